The van der Waals surface area contributed by atoms with Crippen molar-refractivity contribution < 1.29 is 23.8 Å². The van der Waals surface area contributed by atoms with E-state index in [1.54, 1.807) is 17.0 Å². The molecule has 0 N–H and O–H groups in total. The molecule has 0 heterocycles. The molecule has 1 aromatic rings. The van der Waals surface area contributed by atoms with Gasteiger partial charge in [0.25, 0.3) is 5.91 Å². The van der Waals surface area contributed by atoms with Crippen LogP contribution in [0.5, 0.6) is 11.5 Å². The Hall–Kier alpha value is -2.21. The van der Waals surface area contributed by atoms with Gasteiger partial charge in [0, 0.05) is 19.2 Å². The molecule has 0 aromatic heterocycles. The minimum absolute atomic E-state index is 0.226. The summed E-state index contributed by atoms with van der Waals surface area (Å²) in [5.74, 6) is 0.0377. The van der Waals surface area contributed by atoms with Gasteiger partial charge in [0.1, 0.15) is 0 Å². The van der Waals surface area contributed by atoms with Crippen LogP contribution in [-0.4, -0.2) is 50.7 Å². The maximum atomic E-state index is 11.8. The van der Waals surface area contributed by atoms with Crippen molar-refractivity contribution in [2.24, 2.45) is 0 Å². The number of nitrogens with zero attached hydrogens (tertiary/aromatic N) is 1. The van der Waals surface area contributed by atoms with E-state index in [9.17, 15) is 9.59 Å². The van der Waals surface area contributed by atoms with E-state index in [1.807, 2.05) is 13.8 Å². The second-order valence-corrected chi connectivity index (χ2v) is 5.15. The molecule has 6 nitrogen and oxygen atoms in total. The molecule has 132 valence electrons. The van der Waals surface area contributed by atoms with Gasteiger partial charge in [-0.3, -0.25) is 4.79 Å². The monoisotopic (exact) mass is 355 g/mol. The Bertz CT molecular complexity index is 611. The standard InChI is InChI=1S/C17H22ClNO5/c1-5-19(6-2)15(20)11-24-16(21)8-7-12-9-13(18)17(23-4)14(10-12)22-3/h7-10H,5-6,11H2,1-4H3/b8-7+. The molecule has 1 amide bonds. The predicted molar refractivity (Wildman–Crippen MR) is 92.5 cm³/mol. The van der Waals surface area contributed by atoms with E-state index in [1.165, 1.54) is 26.4 Å². The predicted octanol–water partition coefficient (Wildman–Crippen LogP) is 2.78. The molecule has 0 fully saturated rings. The van der Waals surface area contributed by atoms with Crippen molar-refractivity contribution in [3.05, 3.63) is 28.8 Å². The average molecular weight is 356 g/mol. The zero-order chi connectivity index (χ0) is 18.1. The van der Waals surface area contributed by atoms with Crippen molar-refractivity contribution in [2.45, 2.75) is 13.8 Å². The highest BCUT2D eigenvalue weighted by atomic mass is 35.5. The van der Waals surface area contributed by atoms with Gasteiger partial charge >= 0.3 is 5.97 Å². The van der Waals surface area contributed by atoms with Crippen LogP contribution in [0, 0.1) is 0 Å². The van der Waals surface area contributed by atoms with E-state index in [0.29, 0.717) is 35.2 Å². The third kappa shape index (κ3) is 5.45. The first-order valence-electron chi connectivity index (χ1n) is 7.50. The Labute approximate surface area is 146 Å². The van der Waals surface area contributed by atoms with Crippen LogP contribution in [0.3, 0.4) is 0 Å². The first kappa shape index (κ1) is 19.8. The van der Waals surface area contributed by atoms with E-state index in [0.717, 1.165) is 0 Å². The second kappa shape index (κ2) is 9.82. The summed E-state index contributed by atoms with van der Waals surface area (Å²) in [7, 11) is 2.98. The SMILES string of the molecule is CCN(CC)C(=O)COC(=O)/C=C/c1cc(Cl)c(OC)c(OC)c1. The van der Waals surface area contributed by atoms with Crippen molar-refractivity contribution >= 4 is 29.6 Å². The minimum Gasteiger partial charge on any atom is -0.493 e. The Morgan fingerprint density at radius 1 is 1.17 bits per heavy atom. The van der Waals surface area contributed by atoms with Crippen LogP contribution in [0.2, 0.25) is 5.02 Å². The summed E-state index contributed by atoms with van der Waals surface area (Å²) in [6.45, 7) is 4.60. The number of carbonyl (C=O) groups excluding carboxylic acids is 2. The topological polar surface area (TPSA) is 65.1 Å². The van der Waals surface area contributed by atoms with Crippen LogP contribution < -0.4 is 9.47 Å². The van der Waals surface area contributed by atoms with Crippen LogP contribution in [0.1, 0.15) is 19.4 Å². The smallest absolute Gasteiger partial charge is 0.331 e. The molecule has 0 saturated carbocycles. The van der Waals surface area contributed by atoms with Crippen molar-refractivity contribution in [2.75, 3.05) is 33.9 Å². The summed E-state index contributed by atoms with van der Waals surface area (Å²) in [5.41, 5.74) is 0.643. The van der Waals surface area contributed by atoms with Gasteiger partial charge in [-0.1, -0.05) is 11.6 Å². The molecule has 0 saturated heterocycles. The van der Waals surface area contributed by atoms with Gasteiger partial charge in [0.15, 0.2) is 18.1 Å². The first-order valence-corrected chi connectivity index (χ1v) is 7.88. The maximum absolute atomic E-state index is 11.8. The van der Waals surface area contributed by atoms with Gasteiger partial charge < -0.3 is 19.1 Å². The number of esters is 1. The van der Waals surface area contributed by atoms with Crippen LogP contribution in [0.15, 0.2) is 18.2 Å². The fourth-order valence-corrected chi connectivity index (χ4v) is 2.34. The first-order chi connectivity index (χ1) is 11.5. The van der Waals surface area contributed by atoms with Gasteiger partial charge in [-0.05, 0) is 37.6 Å². The third-order valence-electron chi connectivity index (χ3n) is 3.32. The Morgan fingerprint density at radius 2 is 1.83 bits per heavy atom. The van der Waals surface area contributed by atoms with Gasteiger partial charge in [-0.15, -0.1) is 0 Å². The van der Waals surface area contributed by atoms with Gasteiger partial charge in [-0.25, -0.2) is 4.79 Å². The number of halogens is 1. The summed E-state index contributed by atoms with van der Waals surface area (Å²) in [6.07, 6.45) is 2.76. The molecule has 0 radical (unpaired) electrons. The van der Waals surface area contributed by atoms with E-state index in [-0.39, 0.29) is 12.5 Å². The zero-order valence-electron chi connectivity index (χ0n) is 14.3. The molecule has 0 aliphatic carbocycles. The van der Waals surface area contributed by atoms with E-state index < -0.39 is 5.97 Å². The Morgan fingerprint density at radius 3 is 2.38 bits per heavy atom. The summed E-state index contributed by atoms with van der Waals surface area (Å²) < 4.78 is 15.3. The molecule has 0 bridgehead atoms. The Kier molecular flexibility index (Phi) is 8.12. The van der Waals surface area contributed by atoms with Crippen LogP contribution in [0.25, 0.3) is 6.08 Å². The van der Waals surface area contributed by atoms with Crippen molar-refractivity contribution in [3.63, 3.8) is 0 Å². The molecular weight excluding hydrogens is 334 g/mol. The molecule has 24 heavy (non-hydrogen) atoms. The highest BCUT2D eigenvalue weighted by Gasteiger charge is 2.12. The summed E-state index contributed by atoms with van der Waals surface area (Å²) in [4.78, 5) is 25.1. The number of ether oxygens (including phenoxy) is 3. The molecule has 7 heteroatoms. The molecule has 0 atom stereocenters. The molecule has 1 rings (SSSR count). The van der Waals surface area contributed by atoms with Gasteiger partial charge in [0.05, 0.1) is 19.2 Å². The molecular formula is C17H22ClNO5. The number of hydrogen-bond acceptors (Lipinski definition) is 5. The number of rotatable bonds is 8. The lowest BCUT2D eigenvalue weighted by atomic mass is 10.2. The molecule has 0 aliphatic heterocycles. The molecule has 0 spiro atoms. The molecule has 0 unspecified atom stereocenters. The second-order valence-electron chi connectivity index (χ2n) is 4.75. The Balaban J connectivity index is 2.70. The van der Waals surface area contributed by atoms with Crippen LogP contribution in [-0.2, 0) is 14.3 Å². The van der Waals surface area contributed by atoms with Crippen molar-refractivity contribution in [1.82, 2.24) is 4.90 Å². The normalized spacial score (nSPS) is 10.5. The van der Waals surface area contributed by atoms with Crippen LogP contribution >= 0.6 is 11.6 Å². The third-order valence-corrected chi connectivity index (χ3v) is 3.60. The number of benzene rings is 1. The fourth-order valence-electron chi connectivity index (χ4n) is 2.05. The van der Waals surface area contributed by atoms with E-state index in [4.69, 9.17) is 25.8 Å². The number of amides is 1. The van der Waals surface area contributed by atoms with Gasteiger partial charge in [0.2, 0.25) is 0 Å². The van der Waals surface area contributed by atoms with E-state index >= 15 is 0 Å². The largest absolute Gasteiger partial charge is 0.493 e. The highest BCUT2D eigenvalue weighted by Crippen LogP contribution is 2.36. The summed E-state index contributed by atoms with van der Waals surface area (Å²) in [6, 6.07) is 3.31. The summed E-state index contributed by atoms with van der Waals surface area (Å²) in [5, 5.41) is 0.363. The number of likely N-dealkylation sites (N-methyl/N-ethyl adjacent to an activating group) is 1. The number of methoxy groups -OCH3 is 2. The lowest BCUT2D eigenvalue weighted by Crippen LogP contribution is -2.34. The van der Waals surface area contributed by atoms with Crippen molar-refractivity contribution in [3.8, 4) is 11.5 Å². The van der Waals surface area contributed by atoms with Crippen LogP contribution in [0.4, 0.5) is 0 Å². The molecule has 1 aromatic carbocycles. The molecule has 0 aliphatic rings. The van der Waals surface area contributed by atoms with E-state index in [2.05, 4.69) is 0 Å². The number of carbonyl (C=O) groups is 2. The summed E-state index contributed by atoms with van der Waals surface area (Å²) >= 11 is 6.09. The average Bonchev–Trinajstić information content (AvgIpc) is 2.58. The van der Waals surface area contributed by atoms with Crippen molar-refractivity contribution in [1.29, 1.82) is 0 Å². The quantitative estimate of drug-likeness (QED) is 0.530. The van der Waals surface area contributed by atoms with Gasteiger partial charge in [-0.2, -0.15) is 0 Å². The zero-order valence-corrected chi connectivity index (χ0v) is 15.1. The number of hydrogen-bond donors (Lipinski definition) is 0. The maximum Gasteiger partial charge on any atom is 0.331 e. The lowest BCUT2D eigenvalue weighted by Gasteiger charge is -2.17. The lowest BCUT2D eigenvalue weighted by molar-refractivity contribution is -0.147. The highest BCUT2D eigenvalue weighted by molar-refractivity contribution is 6.32. The fraction of sp³-hybridized carbons (Fsp3) is 0.412. The minimum atomic E-state index is -0.610.